The molecule has 2 rings (SSSR count). The Morgan fingerprint density at radius 1 is 0.962 bits per heavy atom. The molecule has 0 aliphatic heterocycles. The molecule has 1 aromatic heterocycles. The Morgan fingerprint density at radius 3 is 2.12 bits per heavy atom. The molecule has 0 saturated carbocycles. The van der Waals surface area contributed by atoms with Crippen molar-refractivity contribution >= 4 is 43.8 Å². The highest BCUT2D eigenvalue weighted by atomic mass is 32.2. The van der Waals surface area contributed by atoms with Gasteiger partial charge in [-0.15, -0.1) is 10.2 Å². The molecule has 0 atom stereocenters. The van der Waals surface area contributed by atoms with Gasteiger partial charge < -0.3 is 5.32 Å². The Kier molecular flexibility index (Phi) is 6.81. The fourth-order valence-corrected chi connectivity index (χ4v) is 3.81. The molecule has 0 saturated heterocycles. The van der Waals surface area contributed by atoms with Crippen LogP contribution in [0.2, 0.25) is 0 Å². The number of aryl methyl sites for hydroxylation is 2. The summed E-state index contributed by atoms with van der Waals surface area (Å²) >= 11 is 1.18. The Hall–Kier alpha value is -2.33. The van der Waals surface area contributed by atoms with Gasteiger partial charge in [0.1, 0.15) is 16.5 Å². The van der Waals surface area contributed by atoms with Crippen LogP contribution in [0.4, 0.5) is 10.8 Å². The first kappa shape index (κ1) is 20.0. The van der Waals surface area contributed by atoms with Crippen molar-refractivity contribution in [2.45, 2.75) is 26.7 Å². The first-order valence-electron chi connectivity index (χ1n) is 8.02. The third kappa shape index (κ3) is 6.19. The number of carbonyl (C=O) groups excluding carboxylic acids is 2. The number of amides is 2. The van der Waals surface area contributed by atoms with Crippen LogP contribution in [0.3, 0.4) is 0 Å². The van der Waals surface area contributed by atoms with E-state index in [0.717, 1.165) is 17.0 Å². The number of carbonyl (C=O) groups is 2. The van der Waals surface area contributed by atoms with Crippen molar-refractivity contribution in [3.8, 4) is 0 Å². The Bertz CT molecular complexity index is 876. The van der Waals surface area contributed by atoms with E-state index in [-0.39, 0.29) is 5.13 Å². The zero-order chi connectivity index (χ0) is 19.2. The second-order valence-corrected chi connectivity index (χ2v) is 8.66. The number of anilines is 2. The fourth-order valence-electron chi connectivity index (χ4n) is 2.07. The van der Waals surface area contributed by atoms with Gasteiger partial charge in [0.25, 0.3) is 0 Å². The highest BCUT2D eigenvalue weighted by Crippen LogP contribution is 2.15. The van der Waals surface area contributed by atoms with E-state index in [9.17, 15) is 18.0 Å². The SMILES string of the molecule is CCc1ccc(NC(=O)CS(=O)(=O)CC(=O)Nc2nnc(CC)s2)cc1. The van der Waals surface area contributed by atoms with E-state index in [1.54, 1.807) is 12.1 Å². The van der Waals surface area contributed by atoms with Crippen LogP contribution < -0.4 is 10.6 Å². The number of hydrogen-bond donors (Lipinski definition) is 2. The number of nitrogens with zero attached hydrogens (tertiary/aromatic N) is 2. The van der Waals surface area contributed by atoms with Gasteiger partial charge in [-0.25, -0.2) is 8.42 Å². The normalized spacial score (nSPS) is 11.2. The average Bonchev–Trinajstić information content (AvgIpc) is 3.01. The van der Waals surface area contributed by atoms with Gasteiger partial charge >= 0.3 is 0 Å². The maximum atomic E-state index is 12.0. The van der Waals surface area contributed by atoms with Crippen LogP contribution in [0.1, 0.15) is 24.4 Å². The lowest BCUT2D eigenvalue weighted by Crippen LogP contribution is -2.30. The maximum Gasteiger partial charge on any atom is 0.241 e. The Labute approximate surface area is 156 Å². The van der Waals surface area contributed by atoms with E-state index in [1.807, 2.05) is 26.0 Å². The maximum absolute atomic E-state index is 12.0. The summed E-state index contributed by atoms with van der Waals surface area (Å²) in [6.07, 6.45) is 1.54. The van der Waals surface area contributed by atoms with Gasteiger partial charge in [0.05, 0.1) is 0 Å². The molecular formula is C16H20N4O4S2. The first-order chi connectivity index (χ1) is 12.3. The van der Waals surface area contributed by atoms with E-state index in [4.69, 9.17) is 0 Å². The minimum absolute atomic E-state index is 0.238. The Morgan fingerprint density at radius 2 is 1.58 bits per heavy atom. The molecule has 2 amide bonds. The van der Waals surface area contributed by atoms with Crippen LogP contribution >= 0.6 is 11.3 Å². The predicted molar refractivity (Wildman–Crippen MR) is 101 cm³/mol. The molecule has 0 fully saturated rings. The van der Waals surface area contributed by atoms with Gasteiger partial charge in [0, 0.05) is 5.69 Å². The van der Waals surface area contributed by atoms with E-state index < -0.39 is 33.2 Å². The number of benzene rings is 1. The summed E-state index contributed by atoms with van der Waals surface area (Å²) in [5.41, 5.74) is 1.61. The molecule has 1 heterocycles. The molecule has 8 nitrogen and oxygen atoms in total. The van der Waals surface area contributed by atoms with Crippen molar-refractivity contribution in [3.63, 3.8) is 0 Å². The molecule has 0 aliphatic rings. The topological polar surface area (TPSA) is 118 Å². The third-order valence-corrected chi connectivity index (χ3v) is 5.75. The van der Waals surface area contributed by atoms with Crippen molar-refractivity contribution in [2.24, 2.45) is 0 Å². The summed E-state index contributed by atoms with van der Waals surface area (Å²) in [6.45, 7) is 3.90. The number of hydrogen-bond acceptors (Lipinski definition) is 7. The van der Waals surface area contributed by atoms with Gasteiger partial charge in [-0.2, -0.15) is 0 Å². The number of rotatable bonds is 8. The van der Waals surface area contributed by atoms with E-state index in [1.165, 1.54) is 11.3 Å². The van der Waals surface area contributed by atoms with Gasteiger partial charge in [0.2, 0.25) is 16.9 Å². The molecule has 26 heavy (non-hydrogen) atoms. The molecule has 1 aromatic carbocycles. The summed E-state index contributed by atoms with van der Waals surface area (Å²) in [4.78, 5) is 23.8. The molecule has 2 N–H and O–H groups in total. The van der Waals surface area contributed by atoms with Crippen molar-refractivity contribution in [3.05, 3.63) is 34.8 Å². The highest BCUT2D eigenvalue weighted by Gasteiger charge is 2.21. The van der Waals surface area contributed by atoms with Gasteiger partial charge in [-0.1, -0.05) is 37.3 Å². The quantitative estimate of drug-likeness (QED) is 0.700. The first-order valence-corrected chi connectivity index (χ1v) is 10.7. The average molecular weight is 396 g/mol. The second kappa shape index (κ2) is 8.86. The van der Waals surface area contributed by atoms with Gasteiger partial charge in [-0.3, -0.25) is 14.9 Å². The number of nitrogens with one attached hydrogen (secondary N) is 2. The fraction of sp³-hybridized carbons (Fsp3) is 0.375. The molecule has 0 unspecified atom stereocenters. The molecule has 140 valence electrons. The largest absolute Gasteiger partial charge is 0.325 e. The zero-order valence-electron chi connectivity index (χ0n) is 14.5. The molecule has 0 radical (unpaired) electrons. The molecule has 2 aromatic rings. The van der Waals surface area contributed by atoms with Crippen LogP contribution in [0.25, 0.3) is 0 Å². The lowest BCUT2D eigenvalue weighted by molar-refractivity contribution is -0.114. The summed E-state index contributed by atoms with van der Waals surface area (Å²) in [5.74, 6) is -3.00. The monoisotopic (exact) mass is 396 g/mol. The van der Waals surface area contributed by atoms with Crippen LogP contribution in [0.15, 0.2) is 24.3 Å². The van der Waals surface area contributed by atoms with E-state index in [0.29, 0.717) is 12.1 Å². The minimum Gasteiger partial charge on any atom is -0.325 e. The van der Waals surface area contributed by atoms with Gasteiger partial charge in [0.15, 0.2) is 9.84 Å². The standard InChI is InChI=1S/C16H20N4O4S2/c1-3-11-5-7-12(8-6-11)17-13(21)9-26(23,24)10-14(22)18-16-20-19-15(4-2)25-16/h5-8H,3-4,9-10H2,1-2H3,(H,17,21)(H,18,20,22). The van der Waals surface area contributed by atoms with Crippen molar-refractivity contribution < 1.29 is 18.0 Å². The van der Waals surface area contributed by atoms with Crippen molar-refractivity contribution in [1.82, 2.24) is 10.2 Å². The Balaban J connectivity index is 1.87. The number of aromatic nitrogens is 2. The molecule has 0 bridgehead atoms. The molecule has 10 heteroatoms. The van der Waals surface area contributed by atoms with Crippen LogP contribution in [-0.2, 0) is 32.3 Å². The van der Waals surface area contributed by atoms with Crippen molar-refractivity contribution in [2.75, 3.05) is 22.1 Å². The predicted octanol–water partition coefficient (Wildman–Crippen LogP) is 1.65. The minimum atomic E-state index is -3.90. The lowest BCUT2D eigenvalue weighted by Gasteiger charge is -2.07. The summed E-state index contributed by atoms with van der Waals surface area (Å²) in [7, 11) is -3.90. The highest BCUT2D eigenvalue weighted by molar-refractivity contribution is 7.92. The van der Waals surface area contributed by atoms with Crippen LogP contribution in [0.5, 0.6) is 0 Å². The summed E-state index contributed by atoms with van der Waals surface area (Å²) in [6, 6.07) is 7.11. The van der Waals surface area contributed by atoms with Gasteiger partial charge in [-0.05, 0) is 30.5 Å². The summed E-state index contributed by atoms with van der Waals surface area (Å²) in [5, 5.41) is 13.5. The lowest BCUT2D eigenvalue weighted by atomic mass is 10.1. The smallest absolute Gasteiger partial charge is 0.241 e. The molecule has 0 spiro atoms. The van der Waals surface area contributed by atoms with Crippen molar-refractivity contribution in [1.29, 1.82) is 0 Å². The van der Waals surface area contributed by atoms with E-state index in [2.05, 4.69) is 20.8 Å². The molecular weight excluding hydrogens is 376 g/mol. The van der Waals surface area contributed by atoms with Crippen LogP contribution in [0, 0.1) is 0 Å². The van der Waals surface area contributed by atoms with E-state index >= 15 is 0 Å². The second-order valence-electron chi connectivity index (χ2n) is 5.53. The zero-order valence-corrected chi connectivity index (χ0v) is 16.1. The molecule has 0 aliphatic carbocycles. The number of sulfone groups is 1. The van der Waals surface area contributed by atoms with Crippen LogP contribution in [-0.4, -0.2) is 41.9 Å². The summed E-state index contributed by atoms with van der Waals surface area (Å²) < 4.78 is 24.1. The third-order valence-electron chi connectivity index (χ3n) is 3.36.